The van der Waals surface area contributed by atoms with Gasteiger partial charge in [0.1, 0.15) is 17.1 Å². The van der Waals surface area contributed by atoms with E-state index >= 15 is 0 Å². The number of hydrogen-bond acceptors (Lipinski definition) is 6. The van der Waals surface area contributed by atoms with Crippen LogP contribution in [0.5, 0.6) is 0 Å². The van der Waals surface area contributed by atoms with Crippen molar-refractivity contribution in [2.24, 2.45) is 0 Å². The molecule has 9 heteroatoms. The van der Waals surface area contributed by atoms with Gasteiger partial charge in [-0.15, -0.1) is 5.10 Å². The van der Waals surface area contributed by atoms with Crippen molar-refractivity contribution < 1.29 is 4.21 Å². The largest absolute Gasteiger partial charge is 0.379 e. The lowest BCUT2D eigenvalue weighted by atomic mass is 10.2. The molecule has 1 saturated carbocycles. The molecule has 4 aromatic rings. The molecule has 0 aliphatic heterocycles. The van der Waals surface area contributed by atoms with Gasteiger partial charge in [0.15, 0.2) is 17.2 Å². The molecule has 140 valence electrons. The Balaban J connectivity index is 1.57. The second-order valence-electron chi connectivity index (χ2n) is 6.82. The van der Waals surface area contributed by atoms with Crippen LogP contribution in [0.25, 0.3) is 16.6 Å². The first-order valence-corrected chi connectivity index (χ1v) is 10.4. The van der Waals surface area contributed by atoms with Crippen molar-refractivity contribution in [3.8, 4) is 6.07 Å². The molecule has 0 spiro atoms. The van der Waals surface area contributed by atoms with Crippen LogP contribution in [0.2, 0.25) is 0 Å². The molecule has 1 aromatic carbocycles. The van der Waals surface area contributed by atoms with Crippen LogP contribution >= 0.6 is 0 Å². The molecular formula is C19H17N7OS. The van der Waals surface area contributed by atoms with Gasteiger partial charge >= 0.3 is 0 Å². The summed E-state index contributed by atoms with van der Waals surface area (Å²) in [6.45, 7) is 0. The van der Waals surface area contributed by atoms with E-state index in [0.29, 0.717) is 23.2 Å². The summed E-state index contributed by atoms with van der Waals surface area (Å²) in [6, 6.07) is 12.3. The Bertz CT molecular complexity index is 1280. The van der Waals surface area contributed by atoms with Crippen LogP contribution in [0.4, 0.5) is 17.2 Å². The molecule has 1 aliphatic carbocycles. The van der Waals surface area contributed by atoms with Crippen molar-refractivity contribution in [2.45, 2.75) is 18.9 Å². The summed E-state index contributed by atoms with van der Waals surface area (Å²) in [6.07, 6.45) is 7.25. The molecule has 28 heavy (non-hydrogen) atoms. The lowest BCUT2D eigenvalue weighted by molar-refractivity contribution is 0.682. The average Bonchev–Trinajstić information content (AvgIpc) is 3.24. The molecule has 1 atom stereocenters. The van der Waals surface area contributed by atoms with E-state index < -0.39 is 11.0 Å². The summed E-state index contributed by atoms with van der Waals surface area (Å²) in [5, 5.41) is 21.6. The average molecular weight is 391 g/mol. The molecule has 1 aliphatic rings. The maximum absolute atomic E-state index is 11.9. The molecule has 8 nitrogen and oxygen atoms in total. The van der Waals surface area contributed by atoms with Gasteiger partial charge in [-0.25, -0.2) is 9.19 Å². The van der Waals surface area contributed by atoms with Crippen molar-refractivity contribution in [1.29, 1.82) is 5.26 Å². The molecule has 3 aromatic heterocycles. The summed E-state index contributed by atoms with van der Waals surface area (Å²) in [5.74, 6) is 0.597. The van der Waals surface area contributed by atoms with E-state index in [4.69, 9.17) is 0 Å². The molecule has 1 unspecified atom stereocenters. The Morgan fingerprint density at radius 1 is 1.29 bits per heavy atom. The third-order valence-electron chi connectivity index (χ3n) is 4.73. The highest BCUT2D eigenvalue weighted by Crippen LogP contribution is 2.30. The fraction of sp³-hybridized carbons (Fsp3) is 0.211. The fourth-order valence-corrected chi connectivity index (χ4v) is 3.88. The smallest absolute Gasteiger partial charge is 0.178 e. The first-order valence-electron chi connectivity index (χ1n) is 8.90. The van der Waals surface area contributed by atoms with Gasteiger partial charge in [-0.1, -0.05) is 6.07 Å². The summed E-state index contributed by atoms with van der Waals surface area (Å²) in [4.78, 5) is 4.33. The maximum atomic E-state index is 11.9. The Labute approximate surface area is 163 Å². The van der Waals surface area contributed by atoms with Gasteiger partial charge in [-0.05, 0) is 31.0 Å². The molecule has 1 fully saturated rings. The predicted molar refractivity (Wildman–Crippen MR) is 109 cm³/mol. The van der Waals surface area contributed by atoms with Gasteiger partial charge in [0.05, 0.1) is 17.4 Å². The third kappa shape index (κ3) is 2.88. The molecule has 5 rings (SSSR count). The van der Waals surface area contributed by atoms with E-state index in [9.17, 15) is 9.47 Å². The van der Waals surface area contributed by atoms with E-state index in [2.05, 4.69) is 26.8 Å². The van der Waals surface area contributed by atoms with Gasteiger partial charge < -0.3 is 10.6 Å². The van der Waals surface area contributed by atoms with Crippen LogP contribution in [-0.2, 0) is 11.0 Å². The van der Waals surface area contributed by atoms with E-state index in [0.717, 1.165) is 35.1 Å². The number of nitriles is 1. The van der Waals surface area contributed by atoms with Gasteiger partial charge in [-0.3, -0.25) is 3.97 Å². The van der Waals surface area contributed by atoms with Gasteiger partial charge in [0, 0.05) is 35.6 Å². The van der Waals surface area contributed by atoms with Gasteiger partial charge in [0.25, 0.3) is 0 Å². The summed E-state index contributed by atoms with van der Waals surface area (Å²) < 4.78 is 15.2. The zero-order valence-corrected chi connectivity index (χ0v) is 15.9. The number of fused-ring (bicyclic) bond motifs is 2. The minimum Gasteiger partial charge on any atom is -0.379 e. The number of nitrogens with zero attached hydrogens (tertiary/aromatic N) is 5. The van der Waals surface area contributed by atoms with Crippen LogP contribution in [-0.4, -0.2) is 35.1 Å². The molecular weight excluding hydrogens is 374 g/mol. The first-order chi connectivity index (χ1) is 13.6. The lowest BCUT2D eigenvalue weighted by Crippen LogP contribution is -2.07. The normalized spacial score (nSPS) is 14.9. The van der Waals surface area contributed by atoms with Crippen molar-refractivity contribution >= 4 is 44.7 Å². The molecule has 0 amide bonds. The monoisotopic (exact) mass is 391 g/mol. The van der Waals surface area contributed by atoms with Gasteiger partial charge in [0.2, 0.25) is 0 Å². The van der Waals surface area contributed by atoms with E-state index in [-0.39, 0.29) is 0 Å². The van der Waals surface area contributed by atoms with Crippen molar-refractivity contribution in [1.82, 2.24) is 18.6 Å². The second-order valence-corrected chi connectivity index (χ2v) is 8.06. The predicted octanol–water partition coefficient (Wildman–Crippen LogP) is 3.02. The maximum Gasteiger partial charge on any atom is 0.178 e. The quantitative estimate of drug-likeness (QED) is 0.542. The molecule has 2 N–H and O–H groups in total. The molecule has 3 heterocycles. The van der Waals surface area contributed by atoms with Crippen LogP contribution in [0.1, 0.15) is 18.5 Å². The number of hydrogen-bond donors (Lipinski definition) is 2. The highest BCUT2D eigenvalue weighted by molar-refractivity contribution is 7.82. The number of benzene rings is 1. The Morgan fingerprint density at radius 3 is 2.89 bits per heavy atom. The lowest BCUT2D eigenvalue weighted by Gasteiger charge is -2.11. The number of nitrogens with one attached hydrogen (secondary N) is 2. The van der Waals surface area contributed by atoms with Crippen LogP contribution in [0.3, 0.4) is 0 Å². The number of aromatic nitrogens is 4. The van der Waals surface area contributed by atoms with E-state index in [1.165, 1.54) is 6.20 Å². The van der Waals surface area contributed by atoms with Crippen LogP contribution in [0.15, 0.2) is 42.7 Å². The Hall–Kier alpha value is -3.38. The minimum atomic E-state index is -1.13. The number of imidazole rings is 1. The van der Waals surface area contributed by atoms with Gasteiger partial charge in [-0.2, -0.15) is 9.78 Å². The molecule has 0 bridgehead atoms. The Kier molecular flexibility index (Phi) is 3.80. The van der Waals surface area contributed by atoms with Crippen LogP contribution in [0, 0.1) is 11.3 Å². The molecule has 0 radical (unpaired) electrons. The zero-order chi connectivity index (χ0) is 19.3. The summed E-state index contributed by atoms with van der Waals surface area (Å²) >= 11 is 0. The first kappa shape index (κ1) is 16.8. The molecule has 0 saturated heterocycles. The van der Waals surface area contributed by atoms with Crippen molar-refractivity contribution in [2.75, 3.05) is 16.9 Å². The van der Waals surface area contributed by atoms with Crippen molar-refractivity contribution in [3.05, 3.63) is 48.4 Å². The topological polar surface area (TPSA) is 100 Å². The SMILES string of the molecule is CS(=O)n1ccc2ccc(Nc3cc(NC4CC4)c4ncc(C#N)n4n3)cc21. The second kappa shape index (κ2) is 6.35. The number of anilines is 3. The van der Waals surface area contributed by atoms with E-state index in [1.54, 1.807) is 14.7 Å². The highest BCUT2D eigenvalue weighted by atomic mass is 32.2. The standard InChI is InChI=1S/C19H17N7OS/c1-28(27)25-7-6-12-2-3-14(8-17(12)25)23-18-9-16(22-13-4-5-13)19-21-11-15(10-20)26(19)24-18/h2-3,6-9,11,13,22H,4-5H2,1H3,(H,23,24). The van der Waals surface area contributed by atoms with Crippen molar-refractivity contribution in [3.63, 3.8) is 0 Å². The third-order valence-corrected chi connectivity index (χ3v) is 5.60. The fourth-order valence-electron chi connectivity index (χ4n) is 3.21. The van der Waals surface area contributed by atoms with E-state index in [1.807, 2.05) is 36.5 Å². The zero-order valence-electron chi connectivity index (χ0n) is 15.1. The summed E-state index contributed by atoms with van der Waals surface area (Å²) in [7, 11) is -1.13. The highest BCUT2D eigenvalue weighted by Gasteiger charge is 2.23. The van der Waals surface area contributed by atoms with Crippen LogP contribution < -0.4 is 10.6 Å². The number of rotatable bonds is 5. The minimum absolute atomic E-state index is 0.378. The summed E-state index contributed by atoms with van der Waals surface area (Å²) in [5.41, 5.74) is 3.56. The Morgan fingerprint density at radius 2 is 2.14 bits per heavy atom.